The molecule has 3 aromatic rings. The molecule has 3 nitrogen and oxygen atoms in total. The van der Waals surface area contributed by atoms with Gasteiger partial charge in [0.05, 0.1) is 5.52 Å². The molecule has 2 aromatic carbocycles. The monoisotopic (exact) mass is 345 g/mol. The third-order valence-electron chi connectivity index (χ3n) is 4.27. The summed E-state index contributed by atoms with van der Waals surface area (Å²) in [6.45, 7) is 2.56. The molecule has 0 bridgehead atoms. The number of halogens is 1. The Balaban J connectivity index is 2.29. The smallest absolute Gasteiger partial charge is 0.133 e. The molecule has 0 saturated heterocycles. The maximum absolute atomic E-state index is 9.31. The van der Waals surface area contributed by atoms with Crippen molar-refractivity contribution in [3.63, 3.8) is 0 Å². The third kappa shape index (κ3) is 3.03. The van der Waals surface area contributed by atoms with E-state index in [0.717, 1.165) is 22.0 Å². The molecule has 0 saturated carbocycles. The van der Waals surface area contributed by atoms with Crippen LogP contribution in [0.5, 0.6) is 0 Å². The Labute approximate surface area is 152 Å². The molecule has 0 unspecified atom stereocenters. The fourth-order valence-corrected chi connectivity index (χ4v) is 3.49. The summed E-state index contributed by atoms with van der Waals surface area (Å²) in [6.07, 6.45) is 0.565. The number of para-hydroxylation sites is 1. The van der Waals surface area contributed by atoms with E-state index in [1.54, 1.807) is 0 Å². The van der Waals surface area contributed by atoms with Crippen molar-refractivity contribution in [3.05, 3.63) is 76.5 Å². The normalized spacial score (nSPS) is 10.2. The maximum atomic E-state index is 9.31. The number of benzene rings is 2. The van der Waals surface area contributed by atoms with Crippen LogP contribution in [0.15, 0.2) is 60.2 Å². The van der Waals surface area contributed by atoms with Gasteiger partial charge in [-0.1, -0.05) is 67.1 Å². The van der Waals surface area contributed by atoms with E-state index in [1.165, 1.54) is 0 Å². The molecule has 0 N–H and O–H groups in total. The minimum absolute atomic E-state index is 0.118. The lowest BCUT2D eigenvalue weighted by atomic mass is 9.98. The lowest BCUT2D eigenvalue weighted by molar-refractivity contribution is 0.836. The molecule has 3 rings (SSSR count). The van der Waals surface area contributed by atoms with Crippen LogP contribution >= 0.6 is 11.6 Å². The SMILES string of the molecule is CCC(=C(C#N)C#N)c1c(Cl)n(Cc2ccccc2)c2ccccc12. The average molecular weight is 346 g/mol. The molecule has 1 heterocycles. The summed E-state index contributed by atoms with van der Waals surface area (Å²) < 4.78 is 2.03. The van der Waals surface area contributed by atoms with Crippen molar-refractivity contribution >= 4 is 28.1 Å². The van der Waals surface area contributed by atoms with Crippen LogP contribution in [0.1, 0.15) is 24.5 Å². The van der Waals surface area contributed by atoms with Gasteiger partial charge in [0, 0.05) is 17.5 Å². The van der Waals surface area contributed by atoms with E-state index in [0.29, 0.717) is 23.7 Å². The largest absolute Gasteiger partial charge is 0.327 e. The second-order valence-corrected chi connectivity index (χ2v) is 6.04. The van der Waals surface area contributed by atoms with Crippen molar-refractivity contribution in [2.75, 3.05) is 0 Å². The number of nitriles is 2. The minimum Gasteiger partial charge on any atom is -0.327 e. The van der Waals surface area contributed by atoms with Crippen LogP contribution in [0.2, 0.25) is 5.15 Å². The van der Waals surface area contributed by atoms with Crippen molar-refractivity contribution in [2.24, 2.45) is 0 Å². The Morgan fingerprint density at radius 1 is 1.00 bits per heavy atom. The molecule has 0 aliphatic carbocycles. The number of allylic oxidation sites excluding steroid dienone is 2. The van der Waals surface area contributed by atoms with Crippen LogP contribution in [0.4, 0.5) is 0 Å². The van der Waals surface area contributed by atoms with Crippen LogP contribution < -0.4 is 0 Å². The van der Waals surface area contributed by atoms with E-state index in [2.05, 4.69) is 12.1 Å². The van der Waals surface area contributed by atoms with Gasteiger partial charge < -0.3 is 4.57 Å². The van der Waals surface area contributed by atoms with Crippen molar-refractivity contribution in [1.29, 1.82) is 10.5 Å². The highest BCUT2D eigenvalue weighted by atomic mass is 35.5. The zero-order valence-corrected chi connectivity index (χ0v) is 14.6. The zero-order chi connectivity index (χ0) is 17.8. The first-order valence-corrected chi connectivity index (χ1v) is 8.43. The minimum atomic E-state index is 0.118. The van der Waals surface area contributed by atoms with Crippen LogP contribution in [0.3, 0.4) is 0 Å². The molecular formula is C21H16ClN3. The predicted molar refractivity (Wildman–Crippen MR) is 101 cm³/mol. The fraction of sp³-hybridized carbons (Fsp3) is 0.143. The number of hydrogen-bond donors (Lipinski definition) is 0. The van der Waals surface area contributed by atoms with Gasteiger partial charge in [0.2, 0.25) is 0 Å². The number of aromatic nitrogens is 1. The highest BCUT2D eigenvalue weighted by molar-refractivity contribution is 6.33. The van der Waals surface area contributed by atoms with Crippen LogP contribution in [0, 0.1) is 22.7 Å². The van der Waals surface area contributed by atoms with Gasteiger partial charge in [-0.2, -0.15) is 10.5 Å². The molecule has 122 valence electrons. The highest BCUT2D eigenvalue weighted by Crippen LogP contribution is 2.38. The molecule has 0 aliphatic rings. The van der Waals surface area contributed by atoms with E-state index in [4.69, 9.17) is 11.6 Å². The average Bonchev–Trinajstić information content (AvgIpc) is 2.93. The summed E-state index contributed by atoms with van der Waals surface area (Å²) >= 11 is 6.74. The number of fused-ring (bicyclic) bond motifs is 1. The van der Waals surface area contributed by atoms with Gasteiger partial charge >= 0.3 is 0 Å². The first kappa shape index (κ1) is 16.8. The molecule has 0 aliphatic heterocycles. The number of hydrogen-bond acceptors (Lipinski definition) is 2. The van der Waals surface area contributed by atoms with Crippen LogP contribution in [-0.2, 0) is 6.54 Å². The lowest BCUT2D eigenvalue weighted by Gasteiger charge is -2.08. The summed E-state index contributed by atoms with van der Waals surface area (Å²) in [5.41, 5.74) is 3.73. The molecule has 0 radical (unpaired) electrons. The second-order valence-electron chi connectivity index (χ2n) is 5.69. The van der Waals surface area contributed by atoms with Crippen molar-refractivity contribution in [1.82, 2.24) is 4.57 Å². The zero-order valence-electron chi connectivity index (χ0n) is 13.8. The first-order valence-electron chi connectivity index (χ1n) is 8.05. The Morgan fingerprint density at radius 3 is 2.28 bits per heavy atom. The quantitative estimate of drug-likeness (QED) is 0.582. The molecule has 0 spiro atoms. The number of nitrogens with zero attached hydrogens (tertiary/aromatic N) is 3. The summed E-state index contributed by atoms with van der Waals surface area (Å²) in [5.74, 6) is 0. The molecule has 0 atom stereocenters. The summed E-state index contributed by atoms with van der Waals surface area (Å²) in [6, 6.07) is 22.0. The van der Waals surface area contributed by atoms with E-state index in [1.807, 2.05) is 66.1 Å². The Kier molecular flexibility index (Phi) is 4.89. The Morgan fingerprint density at radius 2 is 1.64 bits per heavy atom. The predicted octanol–water partition coefficient (Wildman–Crippen LogP) is 5.55. The van der Waals surface area contributed by atoms with E-state index < -0.39 is 0 Å². The molecule has 4 heteroatoms. The number of rotatable bonds is 4. The van der Waals surface area contributed by atoms with E-state index in [9.17, 15) is 10.5 Å². The second kappa shape index (κ2) is 7.26. The Bertz CT molecular complexity index is 1010. The fourth-order valence-electron chi connectivity index (χ4n) is 3.12. The summed E-state index contributed by atoms with van der Waals surface area (Å²) in [7, 11) is 0. The van der Waals surface area contributed by atoms with E-state index >= 15 is 0 Å². The van der Waals surface area contributed by atoms with Gasteiger partial charge in [0.25, 0.3) is 0 Å². The maximum Gasteiger partial charge on any atom is 0.133 e. The van der Waals surface area contributed by atoms with Crippen LogP contribution in [0.25, 0.3) is 16.5 Å². The van der Waals surface area contributed by atoms with Gasteiger partial charge in [-0.25, -0.2) is 0 Å². The van der Waals surface area contributed by atoms with Gasteiger partial charge in [0.1, 0.15) is 22.9 Å². The van der Waals surface area contributed by atoms with Crippen molar-refractivity contribution < 1.29 is 0 Å². The van der Waals surface area contributed by atoms with Gasteiger partial charge in [0.15, 0.2) is 0 Å². The van der Waals surface area contributed by atoms with Gasteiger partial charge in [-0.15, -0.1) is 0 Å². The van der Waals surface area contributed by atoms with Crippen molar-refractivity contribution in [3.8, 4) is 12.1 Å². The molecular weight excluding hydrogens is 330 g/mol. The van der Waals surface area contributed by atoms with Gasteiger partial charge in [-0.05, 0) is 23.6 Å². The summed E-state index contributed by atoms with van der Waals surface area (Å²) in [4.78, 5) is 0. The highest BCUT2D eigenvalue weighted by Gasteiger charge is 2.20. The topological polar surface area (TPSA) is 52.5 Å². The van der Waals surface area contributed by atoms with E-state index in [-0.39, 0.29) is 5.57 Å². The molecule has 0 amide bonds. The summed E-state index contributed by atoms with van der Waals surface area (Å²) in [5, 5.41) is 20.1. The Hall–Kier alpha value is -3.01. The molecule has 0 fully saturated rings. The molecule has 1 aromatic heterocycles. The third-order valence-corrected chi connectivity index (χ3v) is 4.66. The van der Waals surface area contributed by atoms with Crippen LogP contribution in [-0.4, -0.2) is 4.57 Å². The van der Waals surface area contributed by atoms with Gasteiger partial charge in [-0.3, -0.25) is 0 Å². The molecule has 25 heavy (non-hydrogen) atoms. The standard InChI is InChI=1S/C21H16ClN3/c1-2-17(16(12-23)13-24)20-18-10-6-7-11-19(18)25(21(20)22)14-15-8-4-3-5-9-15/h3-11H,2,14H2,1H3. The first-order chi connectivity index (χ1) is 12.2. The van der Waals surface area contributed by atoms with Crippen molar-refractivity contribution in [2.45, 2.75) is 19.9 Å². The lowest BCUT2D eigenvalue weighted by Crippen LogP contribution is -1.99.